The van der Waals surface area contributed by atoms with Gasteiger partial charge < -0.3 is 10.4 Å². The SMILES string of the molecule is Cc1cc(C(C#N)c2ccc(Cl)cc2)c(Cl)cc1NC(=O)c1cc(I)cc(I)c1O.[NaH]. The third kappa shape index (κ3) is 6.28. The zero-order chi connectivity index (χ0) is 22.0. The molecular formula is C22H15Cl2I2N2NaO2. The van der Waals surface area contributed by atoms with Crippen molar-refractivity contribution in [2.45, 2.75) is 12.8 Å². The van der Waals surface area contributed by atoms with E-state index in [1.807, 2.05) is 29.5 Å². The molecule has 3 aromatic carbocycles. The van der Waals surface area contributed by atoms with Crippen molar-refractivity contribution in [2.75, 3.05) is 5.32 Å². The van der Waals surface area contributed by atoms with E-state index in [0.717, 1.165) is 14.7 Å². The number of nitrogens with zero attached hydrogens (tertiary/aromatic N) is 1. The van der Waals surface area contributed by atoms with E-state index in [4.69, 9.17) is 23.2 Å². The van der Waals surface area contributed by atoms with Gasteiger partial charge in [-0.3, -0.25) is 4.79 Å². The number of aromatic hydroxyl groups is 1. The number of hydrogen-bond donors (Lipinski definition) is 2. The van der Waals surface area contributed by atoms with Crippen LogP contribution in [0, 0.1) is 25.4 Å². The molecule has 0 radical (unpaired) electrons. The average Bonchev–Trinajstić information content (AvgIpc) is 2.70. The first kappa shape index (κ1) is 26.7. The van der Waals surface area contributed by atoms with E-state index in [1.165, 1.54) is 0 Å². The summed E-state index contributed by atoms with van der Waals surface area (Å²) in [4.78, 5) is 12.7. The Labute approximate surface area is 239 Å². The third-order valence-electron chi connectivity index (χ3n) is 4.51. The first-order valence-corrected chi connectivity index (χ1v) is 11.6. The standard InChI is InChI=1S/C22H14Cl2I2N2O2.Na.H/c1-11-6-15(17(10-27)12-2-4-13(23)5-3-12)18(24)9-20(11)28-22(30)16-7-14(25)8-19(26)21(16)29;;/h2-9,17,29H,1H3,(H,28,30);;. The molecule has 154 valence electrons. The number of rotatable bonds is 4. The topological polar surface area (TPSA) is 73.1 Å². The Morgan fingerprint density at radius 1 is 1.13 bits per heavy atom. The van der Waals surface area contributed by atoms with E-state index in [1.54, 1.807) is 48.5 Å². The summed E-state index contributed by atoms with van der Waals surface area (Å²) in [5.74, 6) is -1.08. The van der Waals surface area contributed by atoms with Crippen LogP contribution in [0.1, 0.15) is 33.0 Å². The Balaban J connectivity index is 0.00000341. The van der Waals surface area contributed by atoms with Gasteiger partial charge in [-0.05, 0) is 99.1 Å². The van der Waals surface area contributed by atoms with E-state index in [0.29, 0.717) is 24.9 Å². The van der Waals surface area contributed by atoms with E-state index >= 15 is 0 Å². The Morgan fingerprint density at radius 2 is 1.77 bits per heavy atom. The molecule has 3 rings (SSSR count). The third-order valence-corrected chi connectivity index (χ3v) is 6.53. The molecular weight excluding hydrogens is 672 g/mol. The van der Waals surface area contributed by atoms with Crippen molar-refractivity contribution in [2.24, 2.45) is 0 Å². The number of nitrogens with one attached hydrogen (secondary N) is 1. The molecule has 3 aromatic rings. The van der Waals surface area contributed by atoms with E-state index in [-0.39, 0.29) is 40.9 Å². The number of nitriles is 1. The molecule has 0 aliphatic rings. The van der Waals surface area contributed by atoms with E-state index < -0.39 is 11.8 Å². The second kappa shape index (κ2) is 11.5. The van der Waals surface area contributed by atoms with Gasteiger partial charge in [0.2, 0.25) is 0 Å². The monoisotopic (exact) mass is 686 g/mol. The fraction of sp³-hybridized carbons (Fsp3) is 0.0909. The molecule has 4 nitrogen and oxygen atoms in total. The minimum absolute atomic E-state index is 0. The van der Waals surface area contributed by atoms with Gasteiger partial charge in [-0.25, -0.2) is 0 Å². The molecule has 1 unspecified atom stereocenters. The maximum atomic E-state index is 12.7. The summed E-state index contributed by atoms with van der Waals surface area (Å²) in [5, 5.41) is 23.7. The summed E-state index contributed by atoms with van der Waals surface area (Å²) >= 11 is 16.5. The quantitative estimate of drug-likeness (QED) is 0.244. The van der Waals surface area contributed by atoms with Crippen LogP contribution in [0.2, 0.25) is 10.0 Å². The summed E-state index contributed by atoms with van der Waals surface area (Å²) in [6, 6.07) is 16.1. The number of amides is 1. The van der Waals surface area contributed by atoms with Gasteiger partial charge in [-0.2, -0.15) is 5.26 Å². The van der Waals surface area contributed by atoms with Gasteiger partial charge in [0.1, 0.15) is 5.75 Å². The Kier molecular flexibility index (Phi) is 9.95. The zero-order valence-electron chi connectivity index (χ0n) is 15.5. The summed E-state index contributed by atoms with van der Waals surface area (Å²) in [5.41, 5.74) is 2.86. The van der Waals surface area contributed by atoms with Crippen molar-refractivity contribution >= 4 is 110 Å². The number of carbonyl (C=O) groups is 1. The molecule has 1 atom stereocenters. The van der Waals surface area contributed by atoms with Crippen LogP contribution in [-0.2, 0) is 0 Å². The first-order valence-electron chi connectivity index (χ1n) is 8.65. The fourth-order valence-corrected chi connectivity index (χ4v) is 5.21. The number of aryl methyl sites for hydroxylation is 1. The molecule has 0 fully saturated rings. The van der Waals surface area contributed by atoms with Crippen LogP contribution < -0.4 is 5.32 Å². The van der Waals surface area contributed by atoms with Gasteiger partial charge in [0.15, 0.2) is 0 Å². The molecule has 0 bridgehead atoms. The average molecular weight is 687 g/mol. The number of phenolic OH excluding ortho intramolecular Hbond substituents is 1. The van der Waals surface area contributed by atoms with Crippen LogP contribution in [0.15, 0.2) is 48.5 Å². The van der Waals surface area contributed by atoms with Crippen LogP contribution in [0.5, 0.6) is 5.75 Å². The molecule has 1 amide bonds. The second-order valence-electron chi connectivity index (χ2n) is 6.54. The van der Waals surface area contributed by atoms with E-state index in [2.05, 4.69) is 34.0 Å². The van der Waals surface area contributed by atoms with Crippen molar-refractivity contribution in [3.63, 3.8) is 0 Å². The zero-order valence-corrected chi connectivity index (χ0v) is 21.3. The fourth-order valence-electron chi connectivity index (χ4n) is 2.97. The van der Waals surface area contributed by atoms with Gasteiger partial charge in [0.25, 0.3) is 5.91 Å². The molecule has 0 saturated heterocycles. The molecule has 0 aliphatic carbocycles. The Bertz CT molecular complexity index is 1180. The van der Waals surface area contributed by atoms with Gasteiger partial charge in [0.05, 0.1) is 21.1 Å². The maximum absolute atomic E-state index is 12.7. The first-order chi connectivity index (χ1) is 14.2. The van der Waals surface area contributed by atoms with Gasteiger partial charge in [0, 0.05) is 19.3 Å². The van der Waals surface area contributed by atoms with Crippen LogP contribution in [0.3, 0.4) is 0 Å². The van der Waals surface area contributed by atoms with Gasteiger partial charge in [-0.1, -0.05) is 41.4 Å². The number of phenols is 1. The molecule has 0 spiro atoms. The van der Waals surface area contributed by atoms with Gasteiger partial charge in [-0.15, -0.1) is 0 Å². The molecule has 31 heavy (non-hydrogen) atoms. The van der Waals surface area contributed by atoms with Crippen LogP contribution in [-0.4, -0.2) is 40.6 Å². The summed E-state index contributed by atoms with van der Waals surface area (Å²) < 4.78 is 1.43. The minimum atomic E-state index is -0.570. The van der Waals surface area contributed by atoms with Crippen molar-refractivity contribution in [1.29, 1.82) is 5.26 Å². The predicted molar refractivity (Wildman–Crippen MR) is 144 cm³/mol. The summed E-state index contributed by atoms with van der Waals surface area (Å²) in [6.45, 7) is 1.82. The molecule has 0 heterocycles. The summed E-state index contributed by atoms with van der Waals surface area (Å²) in [7, 11) is 0. The van der Waals surface area contributed by atoms with Crippen molar-refractivity contribution < 1.29 is 9.90 Å². The van der Waals surface area contributed by atoms with Crippen LogP contribution in [0.25, 0.3) is 0 Å². The second-order valence-corrected chi connectivity index (χ2v) is 9.79. The number of anilines is 1. The van der Waals surface area contributed by atoms with Crippen molar-refractivity contribution in [3.05, 3.63) is 88.0 Å². The number of carbonyl (C=O) groups excluding carboxylic acids is 1. The molecule has 2 N–H and O–H groups in total. The molecule has 0 aromatic heterocycles. The summed E-state index contributed by atoms with van der Waals surface area (Å²) in [6.07, 6.45) is 0. The van der Waals surface area contributed by atoms with Crippen LogP contribution >= 0.6 is 68.4 Å². The number of benzene rings is 3. The van der Waals surface area contributed by atoms with Gasteiger partial charge >= 0.3 is 29.6 Å². The Hall–Kier alpha value is -0.540. The molecule has 9 heteroatoms. The molecule has 0 saturated carbocycles. The Morgan fingerprint density at radius 3 is 2.39 bits per heavy atom. The number of halogens is 4. The van der Waals surface area contributed by atoms with E-state index in [9.17, 15) is 15.2 Å². The number of hydrogen-bond acceptors (Lipinski definition) is 3. The normalized spacial score (nSPS) is 11.2. The van der Waals surface area contributed by atoms with Crippen molar-refractivity contribution in [3.8, 4) is 11.8 Å². The van der Waals surface area contributed by atoms with Crippen LogP contribution in [0.4, 0.5) is 5.69 Å². The van der Waals surface area contributed by atoms with Crippen molar-refractivity contribution in [1.82, 2.24) is 0 Å². The molecule has 0 aliphatic heterocycles. The predicted octanol–water partition coefficient (Wildman–Crippen LogP) is 6.48.